The number of phenolic OH excluding ortho intramolecular Hbond substituents is 1. The first-order chi connectivity index (χ1) is 37.9. The van der Waals surface area contributed by atoms with Gasteiger partial charge in [0.05, 0.1) is 25.2 Å². The number of H-pyrrole nitrogens is 1. The summed E-state index contributed by atoms with van der Waals surface area (Å²) >= 11 is 0. The predicted octanol–water partition coefficient (Wildman–Crippen LogP) is 10.5. The monoisotopic (exact) mass is 1050 g/mol. The Kier molecular flexibility index (Phi) is 16.1. The van der Waals surface area contributed by atoms with Gasteiger partial charge in [-0.05, 0) is 180 Å². The van der Waals surface area contributed by atoms with Crippen LogP contribution < -0.4 is 20.7 Å². The number of rotatable bonds is 3. The summed E-state index contributed by atoms with van der Waals surface area (Å²) in [5.74, 6) is 6.17. The van der Waals surface area contributed by atoms with E-state index in [4.69, 9.17) is 4.74 Å². The summed E-state index contributed by atoms with van der Waals surface area (Å²) in [6.07, 6.45) is 13.5. The van der Waals surface area contributed by atoms with Crippen LogP contribution in [0.1, 0.15) is 136 Å². The molecule has 11 heteroatoms. The van der Waals surface area contributed by atoms with Crippen molar-refractivity contribution in [3.63, 3.8) is 0 Å². The van der Waals surface area contributed by atoms with Crippen molar-refractivity contribution in [2.24, 2.45) is 41.4 Å². The molecule has 3 fully saturated rings. The molecule has 2 aliphatic heterocycles. The molecule has 11 nitrogen and oxygen atoms in total. The van der Waals surface area contributed by atoms with Crippen LogP contribution in [0.3, 0.4) is 0 Å². The lowest BCUT2D eigenvalue weighted by atomic mass is 9.57. The van der Waals surface area contributed by atoms with Gasteiger partial charge in [-0.15, -0.1) is 0 Å². The number of aromatic hydroxyl groups is 1. The summed E-state index contributed by atoms with van der Waals surface area (Å²) in [5, 5.41) is 61.6. The van der Waals surface area contributed by atoms with E-state index in [1.807, 2.05) is 30.3 Å². The number of hydrogen-bond acceptors (Lipinski definition) is 10. The van der Waals surface area contributed by atoms with Crippen LogP contribution in [0.5, 0.6) is 11.5 Å². The van der Waals surface area contributed by atoms with Gasteiger partial charge in [-0.2, -0.15) is 0 Å². The summed E-state index contributed by atoms with van der Waals surface area (Å²) in [4.78, 5) is 33.5. The lowest BCUT2D eigenvalue weighted by molar-refractivity contribution is -0.142. The minimum absolute atomic E-state index is 0.0250. The first-order valence-electron chi connectivity index (χ1n) is 29.3. The average Bonchev–Trinajstić information content (AvgIpc) is 4.05. The van der Waals surface area contributed by atoms with Gasteiger partial charge < -0.3 is 46.1 Å². The number of carbonyl (C=O) groups is 2. The fraction of sp³-hybridized carbons (Fsp3) is 0.493. The lowest BCUT2D eigenvalue weighted by Gasteiger charge is -2.50. The number of ketones is 2. The molecular weight excluding hydrogens is 973 g/mol. The quantitative estimate of drug-likeness (QED) is 0.0641. The van der Waals surface area contributed by atoms with Crippen LogP contribution in [0.25, 0.3) is 10.8 Å². The number of fused-ring (bicyclic) bond motifs is 11. The molecule has 0 amide bonds. The van der Waals surface area contributed by atoms with Crippen molar-refractivity contribution in [3.05, 3.63) is 148 Å². The number of benzene rings is 4. The third-order valence-corrected chi connectivity index (χ3v) is 19.4. The van der Waals surface area contributed by atoms with Gasteiger partial charge in [-0.25, -0.2) is 0 Å². The molecule has 0 radical (unpaired) electrons. The van der Waals surface area contributed by atoms with Crippen LogP contribution in [-0.4, -0.2) is 82.0 Å². The maximum Gasteiger partial charge on any atom is 0.173 e. The zero-order valence-electron chi connectivity index (χ0n) is 45.8. The Bertz CT molecular complexity index is 3110. The topological polar surface area (TPSA) is 176 Å². The Morgan fingerprint density at radius 3 is 2.51 bits per heavy atom. The molecule has 6 aliphatic rings. The number of aliphatic hydroxyl groups is 3. The number of Topliss-reactive ketones (excluding diaryl/α,β-unsaturated/α-hetero) is 2. The van der Waals surface area contributed by atoms with E-state index in [-0.39, 0.29) is 59.8 Å². The molecule has 13 atom stereocenters. The first-order valence-corrected chi connectivity index (χ1v) is 29.3. The number of β-amino-alcohol motifs (C(OH)–C–C–N with tert-alkyl or cyclic N) is 1. The molecule has 410 valence electrons. The second-order valence-corrected chi connectivity index (χ2v) is 24.1. The number of allylic oxidation sites excluding steroid dienone is 2. The Hall–Kier alpha value is -6.16. The Morgan fingerprint density at radius 1 is 0.833 bits per heavy atom. The third-order valence-electron chi connectivity index (χ3n) is 19.4. The third kappa shape index (κ3) is 11.0. The van der Waals surface area contributed by atoms with Crippen LogP contribution in [0.4, 0.5) is 5.69 Å². The lowest BCUT2D eigenvalue weighted by Crippen LogP contribution is -2.52. The smallest absolute Gasteiger partial charge is 0.173 e. The van der Waals surface area contributed by atoms with Crippen LogP contribution in [0, 0.1) is 53.3 Å². The van der Waals surface area contributed by atoms with Gasteiger partial charge in [0.25, 0.3) is 0 Å². The molecule has 0 saturated heterocycles. The molecule has 3 heterocycles. The number of methoxy groups -OCH3 is 1. The number of ether oxygens (including phenoxy) is 1. The molecule has 11 bridgehead atoms. The predicted molar refractivity (Wildman–Crippen MR) is 307 cm³/mol. The van der Waals surface area contributed by atoms with Crippen molar-refractivity contribution in [1.29, 1.82) is 0 Å². The molecule has 78 heavy (non-hydrogen) atoms. The average molecular weight is 1050 g/mol. The van der Waals surface area contributed by atoms with E-state index in [1.165, 1.54) is 18.2 Å². The van der Waals surface area contributed by atoms with Gasteiger partial charge in [0, 0.05) is 60.9 Å². The number of aromatic amines is 1. The number of aryl methyl sites for hydroxylation is 1. The highest BCUT2D eigenvalue weighted by molar-refractivity contribution is 6.06. The summed E-state index contributed by atoms with van der Waals surface area (Å²) in [6.45, 7) is 6.27. The highest BCUT2D eigenvalue weighted by Gasteiger charge is 2.56. The summed E-state index contributed by atoms with van der Waals surface area (Å²) < 4.78 is 5.56. The molecule has 8 N–H and O–H groups in total. The van der Waals surface area contributed by atoms with E-state index in [9.17, 15) is 25.2 Å². The zero-order valence-corrected chi connectivity index (χ0v) is 45.8. The normalized spacial score (nSPS) is 31.9. The fourth-order valence-corrected chi connectivity index (χ4v) is 15.4. The SMILES string of the molecule is CC[C@H]1CC[C@H]2CCCC[C@@]23c2cc(c[nH]2)[C@@H](C)CNC[C@H](O)Cc2ccc4ccc(cc4c2)NC2=CC(=CCN2)C[C@H]2C[C@H](C[C@@H]4C(=O)[C@H](O)C(=O)CCc5cc(OC)c(O)cc5[C@@H](c5ccccc5)C#C[C@H]4C2)[C@H]1[C@@H]3O. The number of aliphatic hydroxyl groups excluding tert-OH is 3. The molecule has 1 spiro atoms. The first kappa shape index (κ1) is 53.8. The van der Waals surface area contributed by atoms with E-state index in [2.05, 4.69) is 107 Å². The largest absolute Gasteiger partial charge is 0.504 e. The van der Waals surface area contributed by atoms with Gasteiger partial charge in [-0.1, -0.05) is 106 Å². The Balaban J connectivity index is 1.05. The number of aromatic nitrogens is 1. The van der Waals surface area contributed by atoms with Gasteiger partial charge in [0.15, 0.2) is 29.2 Å². The second kappa shape index (κ2) is 23.3. The van der Waals surface area contributed by atoms with Crippen molar-refractivity contribution in [1.82, 2.24) is 15.6 Å². The van der Waals surface area contributed by atoms with E-state index < -0.39 is 53.0 Å². The van der Waals surface area contributed by atoms with Crippen molar-refractivity contribution < 1.29 is 34.8 Å². The van der Waals surface area contributed by atoms with Gasteiger partial charge in [-0.3, -0.25) is 9.59 Å². The Labute approximate surface area is 460 Å². The Morgan fingerprint density at radius 2 is 1.68 bits per heavy atom. The zero-order chi connectivity index (χ0) is 54.1. The van der Waals surface area contributed by atoms with E-state index in [1.54, 1.807) is 12.1 Å². The fourth-order valence-electron chi connectivity index (χ4n) is 15.4. The van der Waals surface area contributed by atoms with Crippen molar-refractivity contribution in [2.75, 3.05) is 32.1 Å². The molecule has 1 aromatic heterocycles. The maximum atomic E-state index is 15.4. The standard InChI is InChI=1S/C67H80N4O7/c1-4-44-15-19-52-12-8-9-24-67(52)61-35-51(38-70-61)40(2)37-68-39-54(72)30-41-13-14-45-16-20-53(32-49(45)27-41)71-62-31-42(23-25-69-62)26-43-28-47-17-21-55(46-10-6-5-7-11-46)56-36-59(74)60(78-3)34-48(56)18-22-58(73)65(76)64(75)57(47)33-50(29-43)63(44)66(67)77/h5-7,10-11,13-14,16,20,23,27,31-32,34-36,38,40,43-44,47,50,52,54-55,57,63,65-66,68-72,74,76-77H,4,8-9,12,15,18-19,22,24-26,28-30,33,37,39H2,1-3H3/t40-,43+,44-,47-,50+,52+,54+,55+,57-,63-,65+,66-,67-/m0/s1. The number of anilines is 1. The number of nitrogens with one attached hydrogen (secondary N) is 4. The van der Waals surface area contributed by atoms with Crippen LogP contribution in [-0.2, 0) is 27.8 Å². The van der Waals surface area contributed by atoms with Crippen molar-refractivity contribution in [3.8, 4) is 23.3 Å². The summed E-state index contributed by atoms with van der Waals surface area (Å²) in [7, 11) is 1.50. The summed E-state index contributed by atoms with van der Waals surface area (Å²) in [5.41, 5.74) is 7.40. The van der Waals surface area contributed by atoms with E-state index in [0.717, 1.165) is 102 Å². The minimum Gasteiger partial charge on any atom is -0.504 e. The van der Waals surface area contributed by atoms with Crippen molar-refractivity contribution >= 4 is 28.0 Å². The minimum atomic E-state index is -1.82. The van der Waals surface area contributed by atoms with Gasteiger partial charge >= 0.3 is 0 Å². The number of carbonyl (C=O) groups excluding carboxylic acids is 2. The highest BCUT2D eigenvalue weighted by atomic mass is 16.5. The van der Waals surface area contributed by atoms with Crippen LogP contribution >= 0.6 is 0 Å². The molecule has 11 rings (SSSR count). The van der Waals surface area contributed by atoms with Gasteiger partial charge in [0.2, 0.25) is 0 Å². The molecule has 5 aromatic rings. The van der Waals surface area contributed by atoms with E-state index in [0.29, 0.717) is 45.3 Å². The van der Waals surface area contributed by atoms with Crippen LogP contribution in [0.2, 0.25) is 0 Å². The van der Waals surface area contributed by atoms with Crippen molar-refractivity contribution in [2.45, 2.75) is 139 Å². The molecule has 4 aliphatic carbocycles. The second-order valence-electron chi connectivity index (χ2n) is 24.1. The maximum absolute atomic E-state index is 15.4. The van der Waals surface area contributed by atoms with Crippen LogP contribution in [0.15, 0.2) is 115 Å². The molecule has 0 unspecified atom stereocenters. The van der Waals surface area contributed by atoms with Gasteiger partial charge in [0.1, 0.15) is 5.82 Å². The molecule has 4 aromatic carbocycles. The number of dihydropyridines is 1. The van der Waals surface area contributed by atoms with E-state index >= 15 is 4.79 Å². The molecular formula is C67H80N4O7. The number of hydrogen-bond donors (Lipinski definition) is 8. The highest BCUT2D eigenvalue weighted by Crippen LogP contribution is 2.57. The summed E-state index contributed by atoms with van der Waals surface area (Å²) in [6, 6.07) is 28.6. The molecule has 3 saturated carbocycles. The number of phenols is 1.